The molecule has 2 aromatic rings. The lowest BCUT2D eigenvalue weighted by Crippen LogP contribution is -2.06. The number of nitrogens with zero attached hydrogens (tertiary/aromatic N) is 2. The summed E-state index contributed by atoms with van der Waals surface area (Å²) in [5.41, 5.74) is 4.56. The Labute approximate surface area is 150 Å². The first-order valence-electron chi connectivity index (χ1n) is 7.40. The molecule has 25 heavy (non-hydrogen) atoms. The van der Waals surface area contributed by atoms with Crippen molar-refractivity contribution in [2.75, 3.05) is 7.11 Å². The molecule has 0 radical (unpaired) electrons. The fraction of sp³-hybridized carbons (Fsp3) is 0.0500. The van der Waals surface area contributed by atoms with Crippen molar-refractivity contribution in [2.45, 2.75) is 0 Å². The minimum atomic E-state index is -0.503. The fourth-order valence-electron chi connectivity index (χ4n) is 2.22. The van der Waals surface area contributed by atoms with Crippen LogP contribution in [-0.2, 0) is 4.74 Å². The first-order chi connectivity index (χ1) is 12.1. The predicted octanol–water partition coefficient (Wildman–Crippen LogP) is 4.23. The molecule has 122 valence electrons. The van der Waals surface area contributed by atoms with E-state index in [0.717, 1.165) is 11.1 Å². The third-order valence-corrected chi connectivity index (χ3v) is 3.82. The molecule has 2 aliphatic rings. The van der Waals surface area contributed by atoms with Crippen molar-refractivity contribution in [2.24, 2.45) is 0 Å². The molecule has 0 N–H and O–H groups in total. The van der Waals surface area contributed by atoms with Gasteiger partial charge in [0.15, 0.2) is 0 Å². The molecule has 0 fully saturated rings. The van der Waals surface area contributed by atoms with E-state index in [-0.39, 0.29) is 11.3 Å². The number of carbonyl (C=O) groups is 1. The first kappa shape index (κ1) is 16.7. The molecule has 4 nitrogen and oxygen atoms in total. The summed E-state index contributed by atoms with van der Waals surface area (Å²) < 4.78 is 4.69. The quantitative estimate of drug-likeness (QED) is 0.402. The van der Waals surface area contributed by atoms with Gasteiger partial charge in [-0.25, -0.2) is 14.8 Å². The van der Waals surface area contributed by atoms with E-state index < -0.39 is 5.97 Å². The average molecular weight is 349 g/mol. The molecular formula is C20H13ClN2O2. The standard InChI is InChI=1S/C15H10ClNO2.C5H3N/c1-3-14-13(15(18)19-2)8-11(9-17-14)10-4-6-12(16)7-5-10;1-2-4-5(3-1)6-4/h1,4-9H,2H3;1-3H. The molecule has 1 aliphatic heterocycles. The molecule has 0 saturated heterocycles. The number of fused-ring (bicyclic) bond motifs is 1. The summed E-state index contributed by atoms with van der Waals surface area (Å²) in [6, 6.07) is 14.9. The molecule has 0 spiro atoms. The third kappa shape index (κ3) is 3.85. The van der Waals surface area contributed by atoms with Gasteiger partial charge in [0.2, 0.25) is 0 Å². The van der Waals surface area contributed by atoms with E-state index in [4.69, 9.17) is 22.8 Å². The molecule has 1 aliphatic carbocycles. The predicted molar refractivity (Wildman–Crippen MR) is 97.2 cm³/mol. The van der Waals surface area contributed by atoms with E-state index in [2.05, 4.69) is 15.9 Å². The topological polar surface area (TPSA) is 52.1 Å². The lowest BCUT2D eigenvalue weighted by Gasteiger charge is -2.06. The second-order valence-corrected chi connectivity index (χ2v) is 5.61. The van der Waals surface area contributed by atoms with Crippen molar-refractivity contribution < 1.29 is 9.53 Å². The number of hydrogen-bond acceptors (Lipinski definition) is 4. The van der Waals surface area contributed by atoms with Gasteiger partial charge in [0.05, 0.1) is 24.1 Å². The number of ether oxygens (including phenoxy) is 1. The van der Waals surface area contributed by atoms with Gasteiger partial charge in [-0.3, -0.25) is 0 Å². The largest absolute Gasteiger partial charge is 0.465 e. The van der Waals surface area contributed by atoms with Gasteiger partial charge < -0.3 is 4.74 Å². The number of halogens is 1. The molecule has 0 atom stereocenters. The van der Waals surface area contributed by atoms with E-state index in [0.29, 0.717) is 5.02 Å². The lowest BCUT2D eigenvalue weighted by atomic mass is 10.0. The highest BCUT2D eigenvalue weighted by atomic mass is 35.5. The summed E-state index contributed by atoms with van der Waals surface area (Å²) in [6.07, 6.45) is 6.93. The maximum absolute atomic E-state index is 11.7. The second kappa shape index (κ2) is 7.16. The van der Waals surface area contributed by atoms with E-state index in [1.807, 2.05) is 30.3 Å². The van der Waals surface area contributed by atoms with Gasteiger partial charge in [0.1, 0.15) is 5.69 Å². The number of aromatic nitrogens is 2. The fourth-order valence-corrected chi connectivity index (χ4v) is 2.35. The Morgan fingerprint density at radius 3 is 2.28 bits per heavy atom. The number of terminal acetylenes is 1. The molecule has 0 amide bonds. The summed E-state index contributed by atoms with van der Waals surface area (Å²) in [5, 5.41) is 0.644. The van der Waals surface area contributed by atoms with Gasteiger partial charge in [-0.15, -0.1) is 6.42 Å². The van der Waals surface area contributed by atoms with Crippen LogP contribution in [0.5, 0.6) is 0 Å². The zero-order valence-electron chi connectivity index (χ0n) is 13.4. The molecule has 1 aromatic carbocycles. The monoisotopic (exact) mass is 348 g/mol. The summed E-state index contributed by atoms with van der Waals surface area (Å²) in [5.74, 6) is 1.86. The Kier molecular flexibility index (Phi) is 4.78. The zero-order valence-corrected chi connectivity index (χ0v) is 14.1. The van der Waals surface area contributed by atoms with Crippen LogP contribution >= 0.6 is 11.6 Å². The maximum Gasteiger partial charge on any atom is 0.340 e. The maximum atomic E-state index is 11.7. The van der Waals surface area contributed by atoms with Gasteiger partial charge in [-0.2, -0.15) is 0 Å². The van der Waals surface area contributed by atoms with Crippen LogP contribution in [0.15, 0.2) is 54.7 Å². The number of rotatable bonds is 2. The van der Waals surface area contributed by atoms with Crippen LogP contribution in [0, 0.1) is 12.3 Å². The summed E-state index contributed by atoms with van der Waals surface area (Å²) in [4.78, 5) is 19.7. The highest BCUT2D eigenvalue weighted by Gasteiger charge is 2.13. The molecule has 4 rings (SSSR count). The summed E-state index contributed by atoms with van der Waals surface area (Å²) in [7, 11) is 1.30. The highest BCUT2D eigenvalue weighted by Crippen LogP contribution is 2.25. The zero-order chi connectivity index (χ0) is 17.8. The summed E-state index contributed by atoms with van der Waals surface area (Å²) >= 11 is 5.83. The normalized spacial score (nSPS) is 10.1. The third-order valence-electron chi connectivity index (χ3n) is 3.57. The molecule has 5 heteroatoms. The van der Waals surface area contributed by atoms with Crippen LogP contribution in [0.1, 0.15) is 16.1 Å². The number of esters is 1. The van der Waals surface area contributed by atoms with Crippen molar-refractivity contribution in [3.63, 3.8) is 0 Å². The van der Waals surface area contributed by atoms with Crippen LogP contribution in [0.4, 0.5) is 0 Å². The van der Waals surface area contributed by atoms with Gasteiger partial charge in [0, 0.05) is 16.8 Å². The Balaban J connectivity index is 0.000000250. The first-order valence-corrected chi connectivity index (χ1v) is 7.78. The van der Waals surface area contributed by atoms with Gasteiger partial charge in [-0.1, -0.05) is 29.8 Å². The van der Waals surface area contributed by atoms with E-state index >= 15 is 0 Å². The smallest absolute Gasteiger partial charge is 0.340 e. The SMILES string of the molecule is C#Cc1ncc(-c2ccc(Cl)cc2)cc1C(=O)OC.c1cc2nc-2c1. The van der Waals surface area contributed by atoms with Crippen LogP contribution in [0.2, 0.25) is 5.02 Å². The second-order valence-electron chi connectivity index (χ2n) is 5.17. The van der Waals surface area contributed by atoms with Crippen molar-refractivity contribution >= 4 is 17.6 Å². The molecule has 0 bridgehead atoms. The number of hydrogen-bond donors (Lipinski definition) is 0. The molecular weight excluding hydrogens is 336 g/mol. The highest BCUT2D eigenvalue weighted by molar-refractivity contribution is 6.30. The van der Waals surface area contributed by atoms with Crippen LogP contribution in [0.3, 0.4) is 0 Å². The lowest BCUT2D eigenvalue weighted by molar-refractivity contribution is 0.0600. The van der Waals surface area contributed by atoms with Crippen LogP contribution < -0.4 is 0 Å². The Morgan fingerprint density at radius 2 is 1.80 bits per heavy atom. The number of pyridine rings is 2. The minimum absolute atomic E-state index is 0.268. The van der Waals surface area contributed by atoms with Gasteiger partial charge >= 0.3 is 5.97 Å². The Hall–Kier alpha value is -3.16. The van der Waals surface area contributed by atoms with Crippen molar-refractivity contribution in [3.05, 3.63) is 71.0 Å². The van der Waals surface area contributed by atoms with E-state index in [1.165, 1.54) is 18.5 Å². The van der Waals surface area contributed by atoms with E-state index in [9.17, 15) is 4.79 Å². The van der Waals surface area contributed by atoms with E-state index in [1.54, 1.807) is 24.4 Å². The molecule has 2 heterocycles. The number of benzene rings is 1. The molecule has 1 aromatic heterocycles. The van der Waals surface area contributed by atoms with Gasteiger partial charge in [-0.05, 0) is 41.8 Å². The van der Waals surface area contributed by atoms with Crippen molar-refractivity contribution in [3.8, 4) is 34.9 Å². The Morgan fingerprint density at radius 1 is 1.12 bits per heavy atom. The van der Waals surface area contributed by atoms with Crippen molar-refractivity contribution in [1.82, 2.24) is 9.97 Å². The number of methoxy groups -OCH3 is 1. The van der Waals surface area contributed by atoms with Crippen LogP contribution in [0.25, 0.3) is 22.5 Å². The Bertz CT molecular complexity index is 958. The minimum Gasteiger partial charge on any atom is -0.465 e. The average Bonchev–Trinajstić information content (AvgIpc) is 3.26. The van der Waals surface area contributed by atoms with Crippen LogP contribution in [-0.4, -0.2) is 23.0 Å². The summed E-state index contributed by atoms with van der Waals surface area (Å²) in [6.45, 7) is 0. The number of carbonyl (C=O) groups excluding carboxylic acids is 1. The van der Waals surface area contributed by atoms with Crippen molar-refractivity contribution in [1.29, 1.82) is 0 Å². The molecule has 0 saturated carbocycles. The van der Waals surface area contributed by atoms with Gasteiger partial charge in [0.25, 0.3) is 0 Å². The molecule has 0 unspecified atom stereocenters.